The molecule has 0 saturated carbocycles. The standard InChI is InChI=1S/C3H6N3O2/c7-6(8)3-1-2-4-5-3/h3,5H,1-2H2. The molecule has 8 heavy (non-hydrogen) atoms. The Morgan fingerprint density at radius 2 is 2.62 bits per heavy atom. The van der Waals surface area contributed by atoms with Crippen molar-refractivity contribution in [3.8, 4) is 0 Å². The van der Waals surface area contributed by atoms with E-state index in [9.17, 15) is 10.1 Å². The Labute approximate surface area is 46.2 Å². The molecule has 0 aromatic heterocycles. The minimum Gasteiger partial charge on any atom is -0.263 e. The van der Waals surface area contributed by atoms with Gasteiger partial charge in [-0.25, -0.2) is 0 Å². The highest BCUT2D eigenvalue weighted by Crippen LogP contribution is 1.95. The van der Waals surface area contributed by atoms with Gasteiger partial charge in [0.05, 0.1) is 0 Å². The van der Waals surface area contributed by atoms with E-state index in [1.54, 1.807) is 0 Å². The van der Waals surface area contributed by atoms with E-state index in [-0.39, 0.29) is 4.92 Å². The highest BCUT2D eigenvalue weighted by Gasteiger charge is 2.24. The predicted octanol–water partition coefficient (Wildman–Crippen LogP) is -0.898. The average Bonchev–Trinajstić information content (AvgIpc) is 2.12. The smallest absolute Gasteiger partial charge is 0.263 e. The highest BCUT2D eigenvalue weighted by atomic mass is 16.6. The molecule has 0 aromatic rings. The molecule has 0 aromatic carbocycles. The van der Waals surface area contributed by atoms with Crippen LogP contribution in [0.4, 0.5) is 0 Å². The maximum absolute atomic E-state index is 9.88. The van der Waals surface area contributed by atoms with Gasteiger partial charge in [-0.15, -0.1) is 0 Å². The van der Waals surface area contributed by atoms with Crippen LogP contribution in [0.2, 0.25) is 0 Å². The van der Waals surface area contributed by atoms with E-state index in [1.807, 2.05) is 0 Å². The van der Waals surface area contributed by atoms with Crippen molar-refractivity contribution in [1.82, 2.24) is 10.9 Å². The molecule has 0 amide bonds. The van der Waals surface area contributed by atoms with Gasteiger partial charge in [-0.05, 0) is 0 Å². The first kappa shape index (κ1) is 5.46. The van der Waals surface area contributed by atoms with E-state index in [4.69, 9.17) is 0 Å². The maximum atomic E-state index is 9.88. The summed E-state index contributed by atoms with van der Waals surface area (Å²) in [4.78, 5) is 9.52. The SMILES string of the molecule is O=[N+]([O-])C1CC[N]N1. The fourth-order valence-electron chi connectivity index (χ4n) is 0.574. The minimum absolute atomic E-state index is 0.365. The quantitative estimate of drug-likeness (QED) is 0.356. The van der Waals surface area contributed by atoms with E-state index in [2.05, 4.69) is 10.9 Å². The Morgan fingerprint density at radius 1 is 1.88 bits per heavy atom. The number of nitrogens with zero attached hydrogens (tertiary/aromatic N) is 2. The molecule has 1 radical (unpaired) electrons. The molecule has 1 unspecified atom stereocenters. The summed E-state index contributed by atoms with van der Waals surface area (Å²) in [7, 11) is 0. The highest BCUT2D eigenvalue weighted by molar-refractivity contribution is 4.59. The molecule has 1 fully saturated rings. The van der Waals surface area contributed by atoms with Gasteiger partial charge in [-0.2, -0.15) is 10.9 Å². The molecular formula is C3H6N3O2. The van der Waals surface area contributed by atoms with E-state index >= 15 is 0 Å². The van der Waals surface area contributed by atoms with Crippen molar-refractivity contribution in [2.45, 2.75) is 12.6 Å². The molecule has 1 aliphatic rings. The number of hydrogen-bond acceptors (Lipinski definition) is 3. The second-order valence-electron chi connectivity index (χ2n) is 1.60. The molecule has 1 aliphatic heterocycles. The van der Waals surface area contributed by atoms with Crippen LogP contribution in [0.25, 0.3) is 0 Å². The lowest BCUT2D eigenvalue weighted by atomic mass is 10.4. The molecule has 45 valence electrons. The molecule has 1 heterocycles. The van der Waals surface area contributed by atoms with E-state index in [0.29, 0.717) is 13.0 Å². The first-order chi connectivity index (χ1) is 3.80. The Bertz CT molecular complexity index is 98.7. The third kappa shape index (κ3) is 0.932. The van der Waals surface area contributed by atoms with Crippen LogP contribution in [0.1, 0.15) is 6.42 Å². The van der Waals surface area contributed by atoms with Crippen LogP contribution in [-0.2, 0) is 0 Å². The normalized spacial score (nSPS) is 28.2. The summed E-state index contributed by atoms with van der Waals surface area (Å²) in [6, 6.07) is 0. The van der Waals surface area contributed by atoms with Crippen molar-refractivity contribution in [3.05, 3.63) is 10.1 Å². The van der Waals surface area contributed by atoms with Crippen molar-refractivity contribution in [3.63, 3.8) is 0 Å². The fraction of sp³-hybridized carbons (Fsp3) is 1.00. The zero-order valence-corrected chi connectivity index (χ0v) is 4.20. The van der Waals surface area contributed by atoms with Crippen LogP contribution in [0, 0.1) is 10.1 Å². The Balaban J connectivity index is 2.35. The zero-order chi connectivity index (χ0) is 5.98. The van der Waals surface area contributed by atoms with Gasteiger partial charge < -0.3 is 0 Å². The van der Waals surface area contributed by atoms with E-state index in [0.717, 1.165) is 0 Å². The van der Waals surface area contributed by atoms with Gasteiger partial charge in [0.2, 0.25) is 0 Å². The van der Waals surface area contributed by atoms with Gasteiger partial charge >= 0.3 is 0 Å². The summed E-state index contributed by atoms with van der Waals surface area (Å²) in [6.07, 6.45) is -0.109. The monoisotopic (exact) mass is 116 g/mol. The topological polar surface area (TPSA) is 69.3 Å². The van der Waals surface area contributed by atoms with E-state index in [1.165, 1.54) is 0 Å². The molecule has 0 bridgehead atoms. The van der Waals surface area contributed by atoms with Crippen molar-refractivity contribution < 1.29 is 4.92 Å². The molecule has 1 atom stereocenters. The van der Waals surface area contributed by atoms with Crippen LogP contribution >= 0.6 is 0 Å². The van der Waals surface area contributed by atoms with E-state index < -0.39 is 6.17 Å². The van der Waals surface area contributed by atoms with Crippen molar-refractivity contribution in [1.29, 1.82) is 0 Å². The first-order valence-corrected chi connectivity index (χ1v) is 2.36. The van der Waals surface area contributed by atoms with Gasteiger partial charge in [0, 0.05) is 17.9 Å². The Kier molecular flexibility index (Phi) is 1.40. The summed E-state index contributed by atoms with van der Waals surface area (Å²) in [5.41, 5.74) is 5.98. The lowest BCUT2D eigenvalue weighted by molar-refractivity contribution is -0.526. The lowest BCUT2D eigenvalue weighted by Gasteiger charge is -1.95. The van der Waals surface area contributed by atoms with Crippen molar-refractivity contribution in [2.75, 3.05) is 6.54 Å². The molecule has 1 rings (SSSR count). The molecule has 1 saturated heterocycles. The summed E-state index contributed by atoms with van der Waals surface area (Å²) in [6.45, 7) is 0.561. The van der Waals surface area contributed by atoms with Gasteiger partial charge in [-0.1, -0.05) is 0 Å². The fourth-order valence-corrected chi connectivity index (χ4v) is 0.574. The molecule has 5 nitrogen and oxygen atoms in total. The summed E-state index contributed by atoms with van der Waals surface area (Å²) in [5, 5.41) is 9.88. The molecular weight excluding hydrogens is 110 g/mol. The number of hydrogen-bond donors (Lipinski definition) is 1. The summed E-state index contributed by atoms with van der Waals surface area (Å²) >= 11 is 0. The lowest BCUT2D eigenvalue weighted by Crippen LogP contribution is -2.31. The predicted molar refractivity (Wildman–Crippen MR) is 25.5 cm³/mol. The molecule has 1 N–H and O–H groups in total. The maximum Gasteiger partial charge on any atom is 0.280 e. The zero-order valence-electron chi connectivity index (χ0n) is 4.20. The molecule has 0 spiro atoms. The summed E-state index contributed by atoms with van der Waals surface area (Å²) < 4.78 is 0. The Morgan fingerprint density at radius 3 is 2.88 bits per heavy atom. The van der Waals surface area contributed by atoms with Gasteiger partial charge in [-0.3, -0.25) is 10.1 Å². The van der Waals surface area contributed by atoms with Crippen molar-refractivity contribution in [2.24, 2.45) is 0 Å². The van der Waals surface area contributed by atoms with Gasteiger partial charge in [0.1, 0.15) is 0 Å². The van der Waals surface area contributed by atoms with Gasteiger partial charge in [0.15, 0.2) is 0 Å². The largest absolute Gasteiger partial charge is 0.280 e. The second-order valence-corrected chi connectivity index (χ2v) is 1.60. The number of rotatable bonds is 1. The first-order valence-electron chi connectivity index (χ1n) is 2.36. The minimum atomic E-state index is -0.630. The number of nitro groups is 1. The van der Waals surface area contributed by atoms with Crippen LogP contribution in [0.15, 0.2) is 0 Å². The Hall–Kier alpha value is -0.680. The molecule has 5 heteroatoms. The third-order valence-electron chi connectivity index (χ3n) is 1.01. The van der Waals surface area contributed by atoms with Crippen LogP contribution in [-0.4, -0.2) is 17.6 Å². The van der Waals surface area contributed by atoms with Gasteiger partial charge in [0.25, 0.3) is 6.17 Å². The van der Waals surface area contributed by atoms with Crippen molar-refractivity contribution >= 4 is 0 Å². The second kappa shape index (κ2) is 2.06. The third-order valence-corrected chi connectivity index (χ3v) is 1.01. The average molecular weight is 116 g/mol. The molecule has 0 aliphatic carbocycles. The van der Waals surface area contributed by atoms with Crippen LogP contribution in [0.3, 0.4) is 0 Å². The number of nitrogens with one attached hydrogen (secondary N) is 1. The summed E-state index contributed by atoms with van der Waals surface area (Å²) in [5.74, 6) is 0. The van der Waals surface area contributed by atoms with Crippen LogP contribution < -0.4 is 10.9 Å². The van der Waals surface area contributed by atoms with Crippen LogP contribution in [0.5, 0.6) is 0 Å².